The molecule has 0 aliphatic rings. The minimum Gasteiger partial charge on any atom is -0.494 e. The number of ether oxygens (including phenoxy) is 1. The second-order valence-corrected chi connectivity index (χ2v) is 5.89. The van der Waals surface area contributed by atoms with Gasteiger partial charge in [0, 0.05) is 11.1 Å². The largest absolute Gasteiger partial charge is 0.494 e. The van der Waals surface area contributed by atoms with Crippen LogP contribution in [-0.4, -0.2) is 19.2 Å². The normalized spacial score (nSPS) is 11.1. The van der Waals surface area contributed by atoms with E-state index in [0.29, 0.717) is 6.04 Å². The molecule has 0 radical (unpaired) electrons. The van der Waals surface area contributed by atoms with Gasteiger partial charge in [-0.1, -0.05) is 45.2 Å². The van der Waals surface area contributed by atoms with Crippen LogP contribution in [0.3, 0.4) is 0 Å². The van der Waals surface area contributed by atoms with E-state index >= 15 is 0 Å². The van der Waals surface area contributed by atoms with Crippen LogP contribution in [0.2, 0.25) is 5.02 Å². The predicted molar refractivity (Wildman–Crippen MR) is 87.9 cm³/mol. The lowest BCUT2D eigenvalue weighted by molar-refractivity contribution is 0.304. The summed E-state index contributed by atoms with van der Waals surface area (Å²) >= 11 is 6.09. The monoisotopic (exact) mass is 297 g/mol. The first-order chi connectivity index (χ1) is 9.63. The van der Waals surface area contributed by atoms with E-state index in [4.69, 9.17) is 16.3 Å². The molecule has 0 heterocycles. The van der Waals surface area contributed by atoms with Crippen molar-refractivity contribution in [2.75, 3.05) is 13.2 Å². The molecule has 0 unspecified atom stereocenters. The Labute approximate surface area is 128 Å². The Bertz CT molecular complexity index is 379. The molecule has 2 nitrogen and oxygen atoms in total. The van der Waals surface area contributed by atoms with E-state index in [1.165, 1.54) is 19.3 Å². The molecule has 1 aromatic carbocycles. The van der Waals surface area contributed by atoms with Crippen molar-refractivity contribution >= 4 is 11.6 Å². The summed E-state index contributed by atoms with van der Waals surface area (Å²) in [6.07, 6.45) is 5.81. The fourth-order valence-corrected chi connectivity index (χ4v) is 2.32. The van der Waals surface area contributed by atoms with Gasteiger partial charge in [0.1, 0.15) is 5.75 Å². The van der Waals surface area contributed by atoms with Gasteiger partial charge in [-0.15, -0.1) is 0 Å². The molecular weight excluding hydrogens is 270 g/mol. The number of hydrogen-bond donors (Lipinski definition) is 1. The second-order valence-electron chi connectivity index (χ2n) is 5.48. The van der Waals surface area contributed by atoms with Crippen molar-refractivity contribution in [2.24, 2.45) is 0 Å². The van der Waals surface area contributed by atoms with Crippen LogP contribution in [0, 0.1) is 0 Å². The summed E-state index contributed by atoms with van der Waals surface area (Å²) in [4.78, 5) is 0. The van der Waals surface area contributed by atoms with E-state index in [0.717, 1.165) is 42.3 Å². The molecule has 0 atom stereocenters. The lowest BCUT2D eigenvalue weighted by Gasteiger charge is -2.09. The average Bonchev–Trinajstić information content (AvgIpc) is 2.43. The van der Waals surface area contributed by atoms with Crippen molar-refractivity contribution in [3.63, 3.8) is 0 Å². The van der Waals surface area contributed by atoms with Crippen LogP contribution in [0.25, 0.3) is 0 Å². The fraction of sp³-hybridized carbons (Fsp3) is 0.647. The van der Waals surface area contributed by atoms with Crippen molar-refractivity contribution in [3.05, 3.63) is 28.8 Å². The molecule has 0 amide bonds. The van der Waals surface area contributed by atoms with Crippen LogP contribution < -0.4 is 10.1 Å². The third-order valence-electron chi connectivity index (χ3n) is 3.29. The van der Waals surface area contributed by atoms with Crippen LogP contribution in [0.5, 0.6) is 5.75 Å². The summed E-state index contributed by atoms with van der Waals surface area (Å²) in [7, 11) is 0. The Hall–Kier alpha value is -0.730. The van der Waals surface area contributed by atoms with Crippen LogP contribution in [0.4, 0.5) is 0 Å². The molecule has 1 aromatic rings. The lowest BCUT2D eigenvalue weighted by Crippen LogP contribution is -2.23. The first-order valence-corrected chi connectivity index (χ1v) is 8.16. The van der Waals surface area contributed by atoms with Gasteiger partial charge in [-0.05, 0) is 49.6 Å². The van der Waals surface area contributed by atoms with Crippen LogP contribution in [-0.2, 0) is 6.42 Å². The first-order valence-electron chi connectivity index (χ1n) is 7.78. The molecule has 1 rings (SSSR count). The third-order valence-corrected chi connectivity index (χ3v) is 3.66. The van der Waals surface area contributed by atoms with Gasteiger partial charge in [-0.3, -0.25) is 0 Å². The maximum atomic E-state index is 6.09. The zero-order valence-electron chi connectivity index (χ0n) is 13.0. The van der Waals surface area contributed by atoms with Gasteiger partial charge in [-0.2, -0.15) is 0 Å². The molecule has 1 N–H and O–H groups in total. The van der Waals surface area contributed by atoms with E-state index in [-0.39, 0.29) is 0 Å². The van der Waals surface area contributed by atoms with Gasteiger partial charge in [0.25, 0.3) is 0 Å². The minimum atomic E-state index is 0.594. The molecular formula is C17H28ClNO. The molecule has 20 heavy (non-hydrogen) atoms. The zero-order chi connectivity index (χ0) is 14.8. The van der Waals surface area contributed by atoms with Gasteiger partial charge in [0.2, 0.25) is 0 Å². The van der Waals surface area contributed by atoms with Gasteiger partial charge >= 0.3 is 0 Å². The molecule has 0 aromatic heterocycles. The van der Waals surface area contributed by atoms with Crippen LogP contribution in [0.1, 0.15) is 52.0 Å². The molecule has 0 bridgehead atoms. The topological polar surface area (TPSA) is 21.3 Å². The number of benzene rings is 1. The second kappa shape index (κ2) is 10.1. The summed E-state index contributed by atoms with van der Waals surface area (Å²) in [6, 6.07) is 6.52. The molecule has 0 fully saturated rings. The molecule has 0 saturated heterocycles. The smallest absolute Gasteiger partial charge is 0.119 e. The number of nitrogens with one attached hydrogen (secondary N) is 1. The highest BCUT2D eigenvalue weighted by Gasteiger charge is 2.01. The van der Waals surface area contributed by atoms with Gasteiger partial charge < -0.3 is 10.1 Å². The molecule has 0 spiro atoms. The average molecular weight is 298 g/mol. The SMILES string of the molecule is CCc1cc(OCCCCCCNC(C)C)ccc1Cl. The quantitative estimate of drug-likeness (QED) is 0.624. The summed E-state index contributed by atoms with van der Waals surface area (Å²) in [5, 5.41) is 4.27. The number of hydrogen-bond acceptors (Lipinski definition) is 2. The summed E-state index contributed by atoms with van der Waals surface area (Å²) in [5.41, 5.74) is 1.16. The maximum Gasteiger partial charge on any atom is 0.119 e. The third kappa shape index (κ3) is 7.16. The van der Waals surface area contributed by atoms with Gasteiger partial charge in [0.05, 0.1) is 6.61 Å². The Kier molecular flexibility index (Phi) is 8.72. The molecule has 0 saturated carbocycles. The molecule has 3 heteroatoms. The fourth-order valence-electron chi connectivity index (χ4n) is 2.07. The summed E-state index contributed by atoms with van der Waals surface area (Å²) in [6.45, 7) is 8.39. The summed E-state index contributed by atoms with van der Waals surface area (Å²) in [5.74, 6) is 0.938. The van der Waals surface area contributed by atoms with E-state index in [9.17, 15) is 0 Å². The lowest BCUT2D eigenvalue weighted by atomic mass is 10.1. The Morgan fingerprint density at radius 2 is 1.90 bits per heavy atom. The van der Waals surface area contributed by atoms with Crippen molar-refractivity contribution in [3.8, 4) is 5.75 Å². The Balaban J connectivity index is 2.09. The minimum absolute atomic E-state index is 0.594. The van der Waals surface area contributed by atoms with Crippen molar-refractivity contribution in [2.45, 2.75) is 58.9 Å². The molecule has 114 valence electrons. The number of unbranched alkanes of at least 4 members (excludes halogenated alkanes) is 3. The van der Waals surface area contributed by atoms with E-state index in [1.54, 1.807) is 0 Å². The molecule has 0 aliphatic heterocycles. The zero-order valence-corrected chi connectivity index (χ0v) is 13.8. The Morgan fingerprint density at radius 3 is 2.60 bits per heavy atom. The predicted octanol–water partition coefficient (Wildman–Crippen LogP) is 4.84. The van der Waals surface area contributed by atoms with E-state index in [2.05, 4.69) is 32.2 Å². The Morgan fingerprint density at radius 1 is 1.15 bits per heavy atom. The summed E-state index contributed by atoms with van der Waals surface area (Å²) < 4.78 is 5.77. The number of halogens is 1. The first kappa shape index (κ1) is 17.3. The van der Waals surface area contributed by atoms with Crippen LogP contribution in [0.15, 0.2) is 18.2 Å². The highest BCUT2D eigenvalue weighted by Crippen LogP contribution is 2.22. The number of rotatable bonds is 10. The maximum absolute atomic E-state index is 6.09. The number of aryl methyl sites for hydroxylation is 1. The standard InChI is InChI=1S/C17H28ClNO/c1-4-15-13-16(9-10-17(15)18)20-12-8-6-5-7-11-19-14(2)3/h9-10,13-14,19H,4-8,11-12H2,1-3H3. The van der Waals surface area contributed by atoms with E-state index in [1.807, 2.05) is 12.1 Å². The van der Waals surface area contributed by atoms with E-state index < -0.39 is 0 Å². The highest BCUT2D eigenvalue weighted by molar-refractivity contribution is 6.31. The van der Waals surface area contributed by atoms with Crippen molar-refractivity contribution < 1.29 is 4.74 Å². The van der Waals surface area contributed by atoms with Gasteiger partial charge in [0.15, 0.2) is 0 Å². The highest BCUT2D eigenvalue weighted by atomic mass is 35.5. The molecule has 0 aliphatic carbocycles. The van der Waals surface area contributed by atoms with Gasteiger partial charge in [-0.25, -0.2) is 0 Å². The van der Waals surface area contributed by atoms with Crippen LogP contribution >= 0.6 is 11.6 Å². The van der Waals surface area contributed by atoms with Crippen molar-refractivity contribution in [1.29, 1.82) is 0 Å². The van der Waals surface area contributed by atoms with Crippen molar-refractivity contribution in [1.82, 2.24) is 5.32 Å².